The number of thiazole rings is 1. The van der Waals surface area contributed by atoms with Gasteiger partial charge in [-0.15, -0.1) is 11.3 Å². The van der Waals surface area contributed by atoms with Crippen molar-refractivity contribution in [2.75, 3.05) is 17.1 Å². The van der Waals surface area contributed by atoms with Gasteiger partial charge in [-0.3, -0.25) is 9.62 Å². The molecular formula is C20H26ClFN4O3S2. The molecule has 31 heavy (non-hydrogen) atoms. The number of aromatic nitrogens is 1. The van der Waals surface area contributed by atoms with E-state index in [-0.39, 0.29) is 28.3 Å². The molecule has 2 aliphatic carbocycles. The molecule has 170 valence electrons. The average molecular weight is 489 g/mol. The summed E-state index contributed by atoms with van der Waals surface area (Å²) >= 11 is 7.48. The molecule has 1 heterocycles. The van der Waals surface area contributed by atoms with Gasteiger partial charge in [0.1, 0.15) is 10.7 Å². The van der Waals surface area contributed by atoms with Crippen LogP contribution in [0.3, 0.4) is 0 Å². The minimum Gasteiger partial charge on any atom is -0.393 e. The first-order valence-electron chi connectivity index (χ1n) is 10.3. The van der Waals surface area contributed by atoms with Crippen molar-refractivity contribution in [2.45, 2.75) is 67.6 Å². The molecule has 0 amide bonds. The Hall–Kier alpha value is -1.46. The van der Waals surface area contributed by atoms with Gasteiger partial charge in [-0.1, -0.05) is 24.4 Å². The van der Waals surface area contributed by atoms with Gasteiger partial charge in [-0.25, -0.2) is 17.8 Å². The van der Waals surface area contributed by atoms with E-state index in [1.807, 2.05) is 0 Å². The molecule has 0 spiro atoms. The van der Waals surface area contributed by atoms with Gasteiger partial charge in [-0.05, 0) is 44.9 Å². The second-order valence-corrected chi connectivity index (χ2v) is 11.2. The predicted molar refractivity (Wildman–Crippen MR) is 121 cm³/mol. The molecule has 7 nitrogen and oxygen atoms in total. The molecule has 1 aromatic heterocycles. The lowest BCUT2D eigenvalue weighted by molar-refractivity contribution is -0.0130. The summed E-state index contributed by atoms with van der Waals surface area (Å²) in [7, 11) is -2.07. The molecule has 11 heteroatoms. The molecule has 2 atom stereocenters. The van der Waals surface area contributed by atoms with Gasteiger partial charge in [0.2, 0.25) is 0 Å². The Morgan fingerprint density at radius 3 is 2.71 bits per heavy atom. The first-order chi connectivity index (χ1) is 14.7. The van der Waals surface area contributed by atoms with Crippen LogP contribution in [0.1, 0.15) is 38.5 Å². The van der Waals surface area contributed by atoms with Crippen molar-refractivity contribution in [1.82, 2.24) is 9.88 Å². The molecule has 4 rings (SSSR count). The second kappa shape index (κ2) is 9.19. The van der Waals surface area contributed by atoms with Gasteiger partial charge in [0.25, 0.3) is 10.0 Å². The first-order valence-corrected chi connectivity index (χ1v) is 13.1. The number of aliphatic hydroxyl groups is 1. The van der Waals surface area contributed by atoms with Crippen LogP contribution in [0.25, 0.3) is 0 Å². The van der Waals surface area contributed by atoms with Crippen molar-refractivity contribution in [3.63, 3.8) is 0 Å². The van der Waals surface area contributed by atoms with Crippen LogP contribution in [0.5, 0.6) is 0 Å². The van der Waals surface area contributed by atoms with E-state index < -0.39 is 20.7 Å². The number of halogens is 2. The van der Waals surface area contributed by atoms with Gasteiger partial charge >= 0.3 is 0 Å². The van der Waals surface area contributed by atoms with E-state index in [0.29, 0.717) is 11.7 Å². The number of hydrogen-bond acceptors (Lipinski definition) is 7. The van der Waals surface area contributed by atoms with Gasteiger partial charge < -0.3 is 10.4 Å². The van der Waals surface area contributed by atoms with Crippen molar-refractivity contribution in [2.24, 2.45) is 0 Å². The smallest absolute Gasteiger partial charge is 0.266 e. The molecule has 0 radical (unpaired) electrons. The summed E-state index contributed by atoms with van der Waals surface area (Å²) in [5.74, 6) is -0.876. The third-order valence-corrected chi connectivity index (χ3v) is 8.71. The van der Waals surface area contributed by atoms with E-state index in [0.717, 1.165) is 62.0 Å². The Morgan fingerprint density at radius 1 is 1.29 bits per heavy atom. The van der Waals surface area contributed by atoms with Crippen molar-refractivity contribution < 1.29 is 17.9 Å². The summed E-state index contributed by atoms with van der Waals surface area (Å²) < 4.78 is 42.2. The lowest BCUT2D eigenvalue weighted by Crippen LogP contribution is -2.55. The molecule has 0 bridgehead atoms. The highest BCUT2D eigenvalue weighted by Crippen LogP contribution is 2.35. The van der Waals surface area contributed by atoms with Crippen molar-refractivity contribution in [3.8, 4) is 0 Å². The number of rotatable bonds is 7. The molecule has 0 saturated heterocycles. The van der Waals surface area contributed by atoms with Crippen molar-refractivity contribution in [1.29, 1.82) is 0 Å². The van der Waals surface area contributed by atoms with E-state index in [9.17, 15) is 17.9 Å². The molecule has 2 aromatic rings. The molecule has 0 aliphatic heterocycles. The Bertz CT molecular complexity index is 1020. The maximum absolute atomic E-state index is 14.8. The third-order valence-electron chi connectivity index (χ3n) is 6.22. The number of benzene rings is 1. The number of aliphatic hydroxyl groups excluding tert-OH is 1. The molecule has 2 fully saturated rings. The fourth-order valence-electron chi connectivity index (χ4n) is 4.42. The van der Waals surface area contributed by atoms with Crippen LogP contribution in [0.4, 0.5) is 15.2 Å². The monoisotopic (exact) mass is 488 g/mol. The topological polar surface area (TPSA) is 94.6 Å². The lowest BCUT2D eigenvalue weighted by Gasteiger charge is -2.47. The number of likely N-dealkylation sites (N-methyl/N-ethyl adjacent to an activating group) is 1. The standard InChI is InChI=1S/C20H26ClFN4O3S2/c1-26(12-8-13(27)9-12)18-5-3-2-4-16(18)24-17-11-15(22)19(10-14(17)21)31(28,29)25-20-23-6-7-30-20/h6-7,10-13,16,18,24,27H,2-5,8-9H2,1H3,(H,23,25)/t12?,13?,16-,18-/m0/s1. The Balaban J connectivity index is 1.52. The summed E-state index contributed by atoms with van der Waals surface area (Å²) in [4.78, 5) is 5.66. The van der Waals surface area contributed by atoms with Gasteiger partial charge in [0, 0.05) is 29.7 Å². The Morgan fingerprint density at radius 2 is 2.03 bits per heavy atom. The van der Waals surface area contributed by atoms with Crippen LogP contribution < -0.4 is 10.0 Å². The van der Waals surface area contributed by atoms with Crippen molar-refractivity contribution >= 4 is 43.8 Å². The van der Waals surface area contributed by atoms with Crippen LogP contribution in [0.15, 0.2) is 28.6 Å². The van der Waals surface area contributed by atoms with Crippen LogP contribution in [0.2, 0.25) is 5.02 Å². The van der Waals surface area contributed by atoms with Gasteiger partial charge in [-0.2, -0.15) is 0 Å². The highest BCUT2D eigenvalue weighted by molar-refractivity contribution is 7.93. The van der Waals surface area contributed by atoms with E-state index in [2.05, 4.69) is 27.0 Å². The van der Waals surface area contributed by atoms with Crippen LogP contribution in [0, 0.1) is 5.82 Å². The zero-order valence-corrected chi connectivity index (χ0v) is 19.5. The summed E-state index contributed by atoms with van der Waals surface area (Å²) in [5.41, 5.74) is 0.381. The predicted octanol–water partition coefficient (Wildman–Crippen LogP) is 3.91. The van der Waals surface area contributed by atoms with Crippen LogP contribution in [-0.4, -0.2) is 54.7 Å². The quantitative estimate of drug-likeness (QED) is 0.547. The van der Waals surface area contributed by atoms with Crippen molar-refractivity contribution in [3.05, 3.63) is 34.5 Å². The number of nitrogens with zero attached hydrogens (tertiary/aromatic N) is 2. The van der Waals surface area contributed by atoms with Crippen LogP contribution >= 0.6 is 22.9 Å². The largest absolute Gasteiger partial charge is 0.393 e. The maximum atomic E-state index is 14.8. The highest BCUT2D eigenvalue weighted by atomic mass is 35.5. The third kappa shape index (κ3) is 4.98. The molecule has 2 aliphatic rings. The molecule has 2 saturated carbocycles. The Kier molecular flexibility index (Phi) is 6.73. The normalized spacial score (nSPS) is 26.5. The molecule has 3 N–H and O–H groups in total. The number of hydrogen-bond donors (Lipinski definition) is 3. The summed E-state index contributed by atoms with van der Waals surface area (Å²) in [6.45, 7) is 0. The van der Waals surface area contributed by atoms with E-state index in [1.165, 1.54) is 6.20 Å². The number of sulfonamides is 1. The minimum absolute atomic E-state index is 0.0595. The number of anilines is 2. The zero-order valence-electron chi connectivity index (χ0n) is 17.1. The second-order valence-electron chi connectivity index (χ2n) is 8.25. The van der Waals surface area contributed by atoms with E-state index in [4.69, 9.17) is 11.6 Å². The highest BCUT2D eigenvalue weighted by Gasteiger charge is 2.37. The fraction of sp³-hybridized carbons (Fsp3) is 0.550. The van der Waals surface area contributed by atoms with Crippen LogP contribution in [-0.2, 0) is 10.0 Å². The Labute approximate surface area is 190 Å². The number of nitrogens with one attached hydrogen (secondary N) is 2. The zero-order chi connectivity index (χ0) is 22.2. The van der Waals surface area contributed by atoms with Gasteiger partial charge in [0.15, 0.2) is 5.13 Å². The van der Waals surface area contributed by atoms with Gasteiger partial charge in [0.05, 0.1) is 16.8 Å². The molecular weight excluding hydrogens is 463 g/mol. The van der Waals surface area contributed by atoms with E-state index >= 15 is 0 Å². The molecule has 0 unspecified atom stereocenters. The van der Waals surface area contributed by atoms with E-state index in [1.54, 1.807) is 5.38 Å². The summed E-state index contributed by atoms with van der Waals surface area (Å²) in [6.07, 6.45) is 6.86. The molecule has 1 aromatic carbocycles. The lowest BCUT2D eigenvalue weighted by atomic mass is 9.83. The average Bonchev–Trinajstić information content (AvgIpc) is 3.20. The summed E-state index contributed by atoms with van der Waals surface area (Å²) in [5, 5.41) is 14.9. The SMILES string of the molecule is CN(C1CC(O)C1)[C@H]1CCCC[C@@H]1Nc1cc(F)c(S(=O)(=O)Nc2nccs2)cc1Cl. The minimum atomic E-state index is -4.14. The summed E-state index contributed by atoms with van der Waals surface area (Å²) in [6, 6.07) is 2.93. The maximum Gasteiger partial charge on any atom is 0.266 e. The fourth-order valence-corrected chi connectivity index (χ4v) is 6.58. The first kappa shape index (κ1) is 22.7.